The largest absolute Gasteiger partial charge is 0.393 e. The van der Waals surface area contributed by atoms with Gasteiger partial charge in [-0.2, -0.15) is 8.42 Å². The van der Waals surface area contributed by atoms with Gasteiger partial charge < -0.3 is 5.11 Å². The number of aliphatic hydroxyl groups is 1. The van der Waals surface area contributed by atoms with Crippen molar-refractivity contribution in [2.24, 2.45) is 11.8 Å². The summed E-state index contributed by atoms with van der Waals surface area (Å²) < 4.78 is 28.2. The van der Waals surface area contributed by atoms with Crippen LogP contribution in [0.2, 0.25) is 0 Å². The van der Waals surface area contributed by atoms with Crippen LogP contribution in [0.25, 0.3) is 0 Å². The van der Waals surface area contributed by atoms with Crippen molar-refractivity contribution < 1.29 is 13.5 Å². The van der Waals surface area contributed by atoms with Crippen LogP contribution in [-0.4, -0.2) is 32.7 Å². The van der Waals surface area contributed by atoms with Gasteiger partial charge in [-0.15, -0.1) is 0 Å². The zero-order valence-electron chi connectivity index (χ0n) is 10.6. The van der Waals surface area contributed by atoms with Gasteiger partial charge in [0.15, 0.2) is 0 Å². The third kappa shape index (κ3) is 5.81. The summed E-state index contributed by atoms with van der Waals surface area (Å²) in [4.78, 5) is 0. The van der Waals surface area contributed by atoms with Crippen molar-refractivity contribution in [3.05, 3.63) is 0 Å². The molecule has 0 aliphatic heterocycles. The van der Waals surface area contributed by atoms with Gasteiger partial charge in [-0.3, -0.25) is 0 Å². The maximum Gasteiger partial charge on any atom is 0.276 e. The van der Waals surface area contributed by atoms with Crippen LogP contribution in [0.1, 0.15) is 39.5 Å². The quantitative estimate of drug-likeness (QED) is 0.658. The molecular weight excluding hydrogens is 240 g/mol. The molecule has 0 heterocycles. The second-order valence-electron chi connectivity index (χ2n) is 5.21. The summed E-state index contributed by atoms with van der Waals surface area (Å²) in [5, 5.41) is 9.73. The Balaban J connectivity index is 2.33. The van der Waals surface area contributed by atoms with Crippen molar-refractivity contribution in [3.63, 3.8) is 0 Å². The SMILES string of the molecule is CC(C)CNS(=O)(=O)NCC1CCCCC1O. The maximum atomic E-state index is 11.6. The fourth-order valence-electron chi connectivity index (χ4n) is 1.97. The summed E-state index contributed by atoms with van der Waals surface area (Å²) in [6.07, 6.45) is 3.43. The molecule has 0 aromatic rings. The smallest absolute Gasteiger partial charge is 0.276 e. The lowest BCUT2D eigenvalue weighted by Gasteiger charge is -2.27. The lowest BCUT2D eigenvalue weighted by Crippen LogP contribution is -2.43. The molecule has 1 saturated carbocycles. The topological polar surface area (TPSA) is 78.4 Å². The van der Waals surface area contributed by atoms with Crippen molar-refractivity contribution in [2.75, 3.05) is 13.1 Å². The standard InChI is InChI=1S/C11H24N2O3S/c1-9(2)7-12-17(15,16)13-8-10-5-3-4-6-11(10)14/h9-14H,3-8H2,1-2H3. The fourth-order valence-corrected chi connectivity index (χ4v) is 3.06. The van der Waals surface area contributed by atoms with Crippen LogP contribution in [0.15, 0.2) is 0 Å². The highest BCUT2D eigenvalue weighted by atomic mass is 32.2. The molecular formula is C11H24N2O3S. The maximum absolute atomic E-state index is 11.6. The molecule has 5 nitrogen and oxygen atoms in total. The van der Waals surface area contributed by atoms with Gasteiger partial charge in [0.05, 0.1) is 6.10 Å². The van der Waals surface area contributed by atoms with Crippen LogP contribution in [0.5, 0.6) is 0 Å². The van der Waals surface area contributed by atoms with Crippen molar-refractivity contribution in [1.29, 1.82) is 0 Å². The predicted octanol–water partition coefficient (Wildman–Crippen LogP) is 0.617. The Morgan fingerprint density at radius 3 is 2.47 bits per heavy atom. The van der Waals surface area contributed by atoms with Crippen molar-refractivity contribution in [2.45, 2.75) is 45.6 Å². The van der Waals surface area contributed by atoms with Gasteiger partial charge in [0.2, 0.25) is 0 Å². The van der Waals surface area contributed by atoms with Crippen LogP contribution in [-0.2, 0) is 10.2 Å². The highest BCUT2D eigenvalue weighted by Gasteiger charge is 2.24. The molecule has 1 fully saturated rings. The lowest BCUT2D eigenvalue weighted by atomic mass is 9.87. The number of hydrogen-bond donors (Lipinski definition) is 3. The summed E-state index contributed by atoms with van der Waals surface area (Å²) in [6.45, 7) is 4.66. The van der Waals surface area contributed by atoms with E-state index in [9.17, 15) is 13.5 Å². The van der Waals surface area contributed by atoms with E-state index in [0.717, 1.165) is 25.7 Å². The predicted molar refractivity (Wildman–Crippen MR) is 67.7 cm³/mol. The molecule has 17 heavy (non-hydrogen) atoms. The van der Waals surface area contributed by atoms with E-state index in [4.69, 9.17) is 0 Å². The molecule has 1 aliphatic carbocycles. The van der Waals surface area contributed by atoms with E-state index in [0.29, 0.717) is 13.1 Å². The number of rotatable bonds is 6. The normalized spacial score (nSPS) is 26.4. The third-order valence-electron chi connectivity index (χ3n) is 3.09. The Bertz CT molecular complexity index is 317. The second kappa shape index (κ2) is 6.68. The summed E-state index contributed by atoms with van der Waals surface area (Å²) in [5.74, 6) is 0.339. The molecule has 0 radical (unpaired) electrons. The Hall–Kier alpha value is -0.170. The van der Waals surface area contributed by atoms with Gasteiger partial charge >= 0.3 is 0 Å². The monoisotopic (exact) mass is 264 g/mol. The summed E-state index contributed by atoms with van der Waals surface area (Å²) in [7, 11) is -3.41. The Morgan fingerprint density at radius 1 is 1.24 bits per heavy atom. The lowest BCUT2D eigenvalue weighted by molar-refractivity contribution is 0.0724. The Morgan fingerprint density at radius 2 is 1.88 bits per heavy atom. The first kappa shape index (κ1) is 14.9. The fraction of sp³-hybridized carbons (Fsp3) is 1.00. The van der Waals surface area contributed by atoms with E-state index in [1.165, 1.54) is 0 Å². The van der Waals surface area contributed by atoms with Crippen LogP contribution < -0.4 is 9.44 Å². The molecule has 0 amide bonds. The zero-order valence-corrected chi connectivity index (χ0v) is 11.5. The molecule has 2 unspecified atom stereocenters. The Labute approximate surface area is 104 Å². The number of hydrogen-bond acceptors (Lipinski definition) is 3. The van der Waals surface area contributed by atoms with E-state index in [1.54, 1.807) is 0 Å². The van der Waals surface area contributed by atoms with Crippen LogP contribution >= 0.6 is 0 Å². The molecule has 0 saturated heterocycles. The molecule has 1 aliphatic rings. The van der Waals surface area contributed by atoms with E-state index >= 15 is 0 Å². The van der Waals surface area contributed by atoms with Gasteiger partial charge in [-0.25, -0.2) is 9.44 Å². The average molecular weight is 264 g/mol. The van der Waals surface area contributed by atoms with Crippen LogP contribution in [0.3, 0.4) is 0 Å². The molecule has 1 rings (SSSR count). The molecule has 3 N–H and O–H groups in total. The Kier molecular flexibility index (Phi) is 5.85. The van der Waals surface area contributed by atoms with Crippen molar-refractivity contribution >= 4 is 10.2 Å². The molecule has 0 aromatic heterocycles. The molecule has 0 spiro atoms. The minimum absolute atomic E-state index is 0.0550. The van der Waals surface area contributed by atoms with Crippen LogP contribution in [0, 0.1) is 11.8 Å². The third-order valence-corrected chi connectivity index (χ3v) is 4.18. The molecule has 0 aromatic carbocycles. The van der Waals surface area contributed by atoms with Crippen molar-refractivity contribution in [1.82, 2.24) is 9.44 Å². The molecule has 102 valence electrons. The molecule has 6 heteroatoms. The van der Waals surface area contributed by atoms with Gasteiger partial charge in [-0.1, -0.05) is 26.7 Å². The first-order valence-corrected chi connectivity index (χ1v) is 7.81. The van der Waals surface area contributed by atoms with Gasteiger partial charge in [-0.05, 0) is 24.7 Å². The zero-order chi connectivity index (χ0) is 12.9. The number of aliphatic hydroxyl groups excluding tert-OH is 1. The van der Waals surface area contributed by atoms with Gasteiger partial charge in [0, 0.05) is 13.1 Å². The van der Waals surface area contributed by atoms with Crippen LogP contribution in [0.4, 0.5) is 0 Å². The summed E-state index contributed by atoms with van der Waals surface area (Å²) in [6, 6.07) is 0. The highest BCUT2D eigenvalue weighted by Crippen LogP contribution is 2.23. The number of nitrogens with one attached hydrogen (secondary N) is 2. The van der Waals surface area contributed by atoms with E-state index in [-0.39, 0.29) is 17.9 Å². The van der Waals surface area contributed by atoms with E-state index < -0.39 is 10.2 Å². The molecule has 2 atom stereocenters. The van der Waals surface area contributed by atoms with Crippen molar-refractivity contribution in [3.8, 4) is 0 Å². The highest BCUT2D eigenvalue weighted by molar-refractivity contribution is 7.87. The summed E-state index contributed by atoms with van der Waals surface area (Å²) >= 11 is 0. The van der Waals surface area contributed by atoms with Gasteiger partial charge in [0.25, 0.3) is 10.2 Å². The first-order valence-electron chi connectivity index (χ1n) is 6.33. The minimum Gasteiger partial charge on any atom is -0.393 e. The van der Waals surface area contributed by atoms with E-state index in [2.05, 4.69) is 9.44 Å². The van der Waals surface area contributed by atoms with Gasteiger partial charge in [0.1, 0.15) is 0 Å². The van der Waals surface area contributed by atoms with E-state index in [1.807, 2.05) is 13.8 Å². The summed E-state index contributed by atoms with van der Waals surface area (Å²) in [5.41, 5.74) is 0. The second-order valence-corrected chi connectivity index (χ2v) is 6.79. The average Bonchev–Trinajstić information content (AvgIpc) is 2.26. The molecule has 0 bridgehead atoms. The first-order chi connectivity index (χ1) is 7.91. The minimum atomic E-state index is -3.41.